The number of benzene rings is 2. The Balaban J connectivity index is 1.30. The second-order valence-corrected chi connectivity index (χ2v) is 12.5. The molecule has 33 heavy (non-hydrogen) atoms. The largest absolute Gasteiger partial charge is 0.324 e. The zero-order chi connectivity index (χ0) is 23.3. The fourth-order valence-electron chi connectivity index (χ4n) is 7.01. The first-order chi connectivity index (χ1) is 15.7. The molecule has 4 fully saturated rings. The van der Waals surface area contributed by atoms with Crippen molar-refractivity contribution in [3.63, 3.8) is 0 Å². The van der Waals surface area contributed by atoms with E-state index in [1.165, 1.54) is 42.0 Å². The van der Waals surface area contributed by atoms with Crippen LogP contribution in [-0.2, 0) is 14.8 Å². The molecule has 1 atom stereocenters. The highest BCUT2D eigenvalue weighted by Crippen LogP contribution is 2.59. The Morgan fingerprint density at radius 2 is 1.45 bits per heavy atom. The van der Waals surface area contributed by atoms with Gasteiger partial charge in [0.1, 0.15) is 6.04 Å². The van der Waals surface area contributed by atoms with E-state index < -0.39 is 16.1 Å². The summed E-state index contributed by atoms with van der Waals surface area (Å²) >= 11 is 0. The molecule has 0 aliphatic heterocycles. The number of carbonyl (C=O) groups excluding carboxylic acids is 1. The van der Waals surface area contributed by atoms with Crippen LogP contribution in [0, 0.1) is 30.6 Å². The van der Waals surface area contributed by atoms with Crippen LogP contribution in [0.5, 0.6) is 0 Å². The number of nitrogens with one attached hydrogen (secondary N) is 1. The van der Waals surface area contributed by atoms with Crippen molar-refractivity contribution >= 4 is 27.3 Å². The molecule has 0 radical (unpaired) electrons. The van der Waals surface area contributed by atoms with Crippen molar-refractivity contribution in [2.24, 2.45) is 23.7 Å². The lowest BCUT2D eigenvalue weighted by atomic mass is 9.51. The molecular weight excluding hydrogens is 432 g/mol. The molecule has 0 heterocycles. The number of nitrogens with zero attached hydrogens (tertiary/aromatic N) is 1. The van der Waals surface area contributed by atoms with Crippen molar-refractivity contribution in [1.29, 1.82) is 0 Å². The van der Waals surface area contributed by atoms with E-state index in [9.17, 15) is 13.2 Å². The summed E-state index contributed by atoms with van der Waals surface area (Å²) in [6.45, 7) is 3.57. The molecule has 2 aromatic rings. The van der Waals surface area contributed by atoms with Gasteiger partial charge in [0.05, 0.1) is 11.9 Å². The molecule has 4 saturated carbocycles. The Kier molecular flexibility index (Phi) is 5.76. The van der Waals surface area contributed by atoms with Crippen molar-refractivity contribution in [3.05, 3.63) is 59.7 Å². The molecule has 1 amide bonds. The normalized spacial score (nSPS) is 29.0. The third kappa shape index (κ3) is 4.42. The Hall–Kier alpha value is -2.34. The predicted molar refractivity (Wildman–Crippen MR) is 133 cm³/mol. The molecule has 6 heteroatoms. The maximum absolute atomic E-state index is 13.0. The summed E-state index contributed by atoms with van der Waals surface area (Å²) in [5, 5.41) is 2.93. The van der Waals surface area contributed by atoms with Gasteiger partial charge in [0.25, 0.3) is 0 Å². The van der Waals surface area contributed by atoms with E-state index in [-0.39, 0.29) is 5.91 Å². The molecule has 6 rings (SSSR count). The highest BCUT2D eigenvalue weighted by Gasteiger charge is 2.48. The van der Waals surface area contributed by atoms with Crippen molar-refractivity contribution in [2.45, 2.75) is 57.9 Å². The third-order valence-corrected chi connectivity index (χ3v) is 9.41. The minimum absolute atomic E-state index is 0.344. The molecule has 0 spiro atoms. The molecule has 4 aliphatic carbocycles. The van der Waals surface area contributed by atoms with Crippen LogP contribution in [0.4, 0.5) is 11.4 Å². The van der Waals surface area contributed by atoms with E-state index in [2.05, 4.69) is 17.4 Å². The van der Waals surface area contributed by atoms with Crippen LogP contribution in [0.2, 0.25) is 0 Å². The summed E-state index contributed by atoms with van der Waals surface area (Å²) in [5.74, 6) is 3.86. The molecule has 0 saturated heterocycles. The fraction of sp³-hybridized carbons (Fsp3) is 0.519. The van der Waals surface area contributed by atoms with Crippen molar-refractivity contribution < 1.29 is 13.2 Å². The Bertz CT molecular complexity index is 1100. The van der Waals surface area contributed by atoms with Crippen LogP contribution in [0.25, 0.3) is 0 Å². The first-order valence-corrected chi connectivity index (χ1v) is 14.0. The number of sulfonamides is 1. The predicted octanol–water partition coefficient (Wildman–Crippen LogP) is 5.33. The Labute approximate surface area is 197 Å². The van der Waals surface area contributed by atoms with Crippen molar-refractivity contribution in [2.75, 3.05) is 15.9 Å². The van der Waals surface area contributed by atoms with E-state index >= 15 is 0 Å². The first-order valence-electron chi connectivity index (χ1n) is 12.2. The van der Waals surface area contributed by atoms with Gasteiger partial charge in [0.15, 0.2) is 0 Å². The summed E-state index contributed by atoms with van der Waals surface area (Å²) in [6.07, 6.45) is 8.12. The lowest BCUT2D eigenvalue weighted by Gasteiger charge is -2.54. The van der Waals surface area contributed by atoms with Gasteiger partial charge in [-0.15, -0.1) is 0 Å². The molecule has 2 aromatic carbocycles. The number of carbonyl (C=O) groups is 1. The quantitative estimate of drug-likeness (QED) is 0.626. The lowest BCUT2D eigenvalue weighted by molar-refractivity contribution is -0.116. The van der Waals surface area contributed by atoms with Gasteiger partial charge in [0, 0.05) is 5.69 Å². The van der Waals surface area contributed by atoms with Crippen LogP contribution in [-0.4, -0.2) is 26.6 Å². The number of hydrogen-bond donors (Lipinski definition) is 1. The second-order valence-electron chi connectivity index (χ2n) is 10.6. The van der Waals surface area contributed by atoms with E-state index in [1.807, 2.05) is 31.2 Å². The average Bonchev–Trinajstić information content (AvgIpc) is 2.74. The van der Waals surface area contributed by atoms with Crippen LogP contribution in [0.1, 0.15) is 56.1 Å². The summed E-state index contributed by atoms with van der Waals surface area (Å²) in [4.78, 5) is 13.0. The van der Waals surface area contributed by atoms with Gasteiger partial charge >= 0.3 is 0 Å². The zero-order valence-corrected chi connectivity index (χ0v) is 20.5. The maximum atomic E-state index is 13.0. The van der Waals surface area contributed by atoms with Crippen LogP contribution < -0.4 is 9.62 Å². The maximum Gasteiger partial charge on any atom is 0.247 e. The van der Waals surface area contributed by atoms with E-state index in [4.69, 9.17) is 0 Å². The van der Waals surface area contributed by atoms with Crippen LogP contribution in [0.3, 0.4) is 0 Å². The minimum atomic E-state index is -3.63. The van der Waals surface area contributed by atoms with Gasteiger partial charge in [0.2, 0.25) is 15.9 Å². The smallest absolute Gasteiger partial charge is 0.247 e. The van der Waals surface area contributed by atoms with Crippen LogP contribution in [0.15, 0.2) is 48.5 Å². The van der Waals surface area contributed by atoms with E-state index in [0.717, 1.165) is 35.5 Å². The fourth-order valence-corrected chi connectivity index (χ4v) is 8.18. The molecule has 5 nitrogen and oxygen atoms in total. The molecule has 1 unspecified atom stereocenters. The highest BCUT2D eigenvalue weighted by molar-refractivity contribution is 7.92. The Morgan fingerprint density at radius 3 is 1.97 bits per heavy atom. The van der Waals surface area contributed by atoms with Crippen LogP contribution >= 0.6 is 0 Å². The number of amides is 1. The minimum Gasteiger partial charge on any atom is -0.324 e. The SMILES string of the molecule is Cc1ccc(N(C(C)C(=O)Nc2ccc(C3C4CC5CC(C4)CC3C5)cc2)S(C)(=O)=O)cc1. The summed E-state index contributed by atoms with van der Waals surface area (Å²) in [5.41, 5.74) is 3.62. The topological polar surface area (TPSA) is 66.5 Å². The number of anilines is 2. The lowest BCUT2D eigenvalue weighted by Crippen LogP contribution is -2.45. The number of hydrogen-bond acceptors (Lipinski definition) is 3. The van der Waals surface area contributed by atoms with E-state index in [1.54, 1.807) is 19.1 Å². The summed E-state index contributed by atoms with van der Waals surface area (Å²) in [6, 6.07) is 14.6. The van der Waals surface area contributed by atoms with Crippen molar-refractivity contribution in [3.8, 4) is 0 Å². The van der Waals surface area contributed by atoms with Gasteiger partial charge in [-0.05, 0) is 105 Å². The van der Waals surface area contributed by atoms with Gasteiger partial charge in [-0.3, -0.25) is 9.10 Å². The van der Waals surface area contributed by atoms with Gasteiger partial charge in [-0.2, -0.15) is 0 Å². The monoisotopic (exact) mass is 466 g/mol. The molecule has 1 N–H and O–H groups in total. The standard InChI is InChI=1S/C27H34N2O3S/c1-17-4-10-25(11-5-17)29(33(3,31)32)18(2)27(30)28-24-8-6-21(7-9-24)26-22-13-19-12-20(15-22)16-23(26)14-19/h4-11,18-20,22-23,26H,12-16H2,1-3H3,(H,28,30). The van der Waals surface area contributed by atoms with Crippen molar-refractivity contribution in [1.82, 2.24) is 0 Å². The average molecular weight is 467 g/mol. The molecular formula is C27H34N2O3S. The van der Waals surface area contributed by atoms with Gasteiger partial charge in [-0.1, -0.05) is 29.8 Å². The Morgan fingerprint density at radius 1 is 0.909 bits per heavy atom. The highest BCUT2D eigenvalue weighted by atomic mass is 32.2. The van der Waals surface area contributed by atoms with E-state index in [0.29, 0.717) is 17.3 Å². The molecule has 4 bridgehead atoms. The number of aryl methyl sites for hydroxylation is 1. The third-order valence-electron chi connectivity index (χ3n) is 8.17. The summed E-state index contributed by atoms with van der Waals surface area (Å²) < 4.78 is 26.2. The van der Waals surface area contributed by atoms with Gasteiger partial charge < -0.3 is 5.32 Å². The number of rotatable bonds is 6. The molecule has 0 aromatic heterocycles. The zero-order valence-electron chi connectivity index (χ0n) is 19.7. The molecule has 4 aliphatic rings. The summed E-state index contributed by atoms with van der Waals surface area (Å²) in [7, 11) is -3.63. The first kappa shape index (κ1) is 22.5. The second kappa shape index (κ2) is 8.46. The molecule has 176 valence electrons. The van der Waals surface area contributed by atoms with Gasteiger partial charge in [-0.25, -0.2) is 8.42 Å².